The molecule has 0 fully saturated rings. The number of hydrogen-bond donors (Lipinski definition) is 1. The van der Waals surface area contributed by atoms with Crippen molar-refractivity contribution >= 4 is 16.9 Å². The summed E-state index contributed by atoms with van der Waals surface area (Å²) in [5.41, 5.74) is 0.878. The molecule has 1 heterocycles. The van der Waals surface area contributed by atoms with E-state index in [1.54, 1.807) is 6.07 Å². The smallest absolute Gasteiger partial charge is 0.269 e. The molecule has 1 aromatic heterocycles. The molecule has 0 saturated carbocycles. The number of fused-ring (bicyclic) bond motifs is 1. The van der Waals surface area contributed by atoms with E-state index in [-0.39, 0.29) is 29.0 Å². The van der Waals surface area contributed by atoms with E-state index in [1.807, 2.05) is 32.0 Å². The normalized spacial score (nSPS) is 12.4. The summed E-state index contributed by atoms with van der Waals surface area (Å²) in [5.74, 6) is -0.169. The molecule has 5 heteroatoms. The standard InChI is InChI=1S/C18H25N3O2/c1-17(2,3)12-18(4,5)20-15(22)11-21-14-9-7-6-8-13(14)19-10-16(21)23/h6-10H,11-12H2,1-5H3,(H,20,22). The van der Waals surface area contributed by atoms with E-state index >= 15 is 0 Å². The molecular formula is C18H25N3O2. The Balaban J connectivity index is 2.21. The summed E-state index contributed by atoms with van der Waals surface area (Å²) in [5, 5.41) is 3.03. The third kappa shape index (κ3) is 4.65. The first-order chi connectivity index (χ1) is 10.6. The Morgan fingerprint density at radius 2 is 1.83 bits per heavy atom. The third-order valence-corrected chi connectivity index (χ3v) is 3.50. The van der Waals surface area contributed by atoms with Crippen LogP contribution >= 0.6 is 0 Å². The monoisotopic (exact) mass is 315 g/mol. The molecule has 2 aromatic rings. The third-order valence-electron chi connectivity index (χ3n) is 3.50. The molecule has 0 bridgehead atoms. The van der Waals surface area contributed by atoms with Crippen LogP contribution in [0.4, 0.5) is 0 Å². The van der Waals surface area contributed by atoms with Crippen LogP contribution in [-0.2, 0) is 11.3 Å². The number of hydrogen-bond acceptors (Lipinski definition) is 3. The highest BCUT2D eigenvalue weighted by atomic mass is 16.2. The predicted octanol–water partition coefficient (Wildman–Crippen LogP) is 2.73. The number of amides is 1. The summed E-state index contributed by atoms with van der Waals surface area (Å²) in [4.78, 5) is 28.6. The second-order valence-corrected chi connectivity index (χ2v) is 7.84. The molecule has 1 N–H and O–H groups in total. The topological polar surface area (TPSA) is 64.0 Å². The van der Waals surface area contributed by atoms with Crippen molar-refractivity contribution in [3.63, 3.8) is 0 Å². The van der Waals surface area contributed by atoms with Crippen molar-refractivity contribution in [2.45, 2.75) is 53.1 Å². The van der Waals surface area contributed by atoms with Crippen LogP contribution in [0.1, 0.15) is 41.0 Å². The molecule has 0 spiro atoms. The highest BCUT2D eigenvalue weighted by molar-refractivity contribution is 5.80. The number of aromatic nitrogens is 2. The highest BCUT2D eigenvalue weighted by Gasteiger charge is 2.27. The van der Waals surface area contributed by atoms with E-state index in [1.165, 1.54) is 10.8 Å². The van der Waals surface area contributed by atoms with Gasteiger partial charge in [-0.1, -0.05) is 32.9 Å². The van der Waals surface area contributed by atoms with Crippen LogP contribution in [0.25, 0.3) is 11.0 Å². The first-order valence-electron chi connectivity index (χ1n) is 7.83. The van der Waals surface area contributed by atoms with Crippen LogP contribution in [0.3, 0.4) is 0 Å². The second-order valence-electron chi connectivity index (χ2n) is 7.84. The molecule has 0 radical (unpaired) electrons. The quantitative estimate of drug-likeness (QED) is 0.943. The van der Waals surface area contributed by atoms with E-state index in [4.69, 9.17) is 0 Å². The Kier molecular flexibility index (Phi) is 4.59. The van der Waals surface area contributed by atoms with Crippen LogP contribution in [-0.4, -0.2) is 21.0 Å². The van der Waals surface area contributed by atoms with Crippen LogP contribution in [0.2, 0.25) is 0 Å². The van der Waals surface area contributed by atoms with E-state index in [0.717, 1.165) is 6.42 Å². The Labute approximate surface area is 136 Å². The Hall–Kier alpha value is -2.17. The molecule has 124 valence electrons. The van der Waals surface area contributed by atoms with Gasteiger partial charge in [-0.3, -0.25) is 14.2 Å². The zero-order chi connectivity index (χ0) is 17.3. The van der Waals surface area contributed by atoms with Crippen molar-refractivity contribution in [3.8, 4) is 0 Å². The van der Waals surface area contributed by atoms with Gasteiger partial charge in [-0.05, 0) is 37.8 Å². The number of benzene rings is 1. The molecule has 2 rings (SSSR count). The SMILES string of the molecule is CC(C)(C)CC(C)(C)NC(=O)Cn1c(=O)cnc2ccccc21. The van der Waals surface area contributed by atoms with E-state index in [0.29, 0.717) is 11.0 Å². The van der Waals surface area contributed by atoms with E-state index < -0.39 is 0 Å². The molecule has 0 atom stereocenters. The number of para-hydroxylation sites is 2. The molecule has 0 saturated heterocycles. The zero-order valence-electron chi connectivity index (χ0n) is 14.5. The highest BCUT2D eigenvalue weighted by Crippen LogP contribution is 2.26. The van der Waals surface area contributed by atoms with Gasteiger partial charge in [0.1, 0.15) is 6.54 Å². The minimum absolute atomic E-state index is 0.00452. The maximum absolute atomic E-state index is 12.4. The lowest BCUT2D eigenvalue weighted by molar-refractivity contribution is -0.123. The maximum atomic E-state index is 12.4. The van der Waals surface area contributed by atoms with Crippen LogP contribution in [0.5, 0.6) is 0 Å². The average Bonchev–Trinajstić information content (AvgIpc) is 2.38. The lowest BCUT2D eigenvalue weighted by atomic mass is 9.82. The van der Waals surface area contributed by atoms with Gasteiger partial charge in [-0.25, -0.2) is 4.98 Å². The Morgan fingerprint density at radius 3 is 2.48 bits per heavy atom. The van der Waals surface area contributed by atoms with Gasteiger partial charge >= 0.3 is 0 Å². The van der Waals surface area contributed by atoms with Crippen LogP contribution in [0.15, 0.2) is 35.3 Å². The van der Waals surface area contributed by atoms with Gasteiger partial charge < -0.3 is 5.32 Å². The lowest BCUT2D eigenvalue weighted by Gasteiger charge is -2.33. The van der Waals surface area contributed by atoms with Crippen molar-refractivity contribution in [3.05, 3.63) is 40.8 Å². The summed E-state index contributed by atoms with van der Waals surface area (Å²) in [6, 6.07) is 7.32. The van der Waals surface area contributed by atoms with Gasteiger partial charge in [0.25, 0.3) is 5.56 Å². The number of nitrogens with zero attached hydrogens (tertiary/aromatic N) is 2. The summed E-state index contributed by atoms with van der Waals surface area (Å²) >= 11 is 0. The molecule has 0 unspecified atom stereocenters. The van der Waals surface area contributed by atoms with Gasteiger partial charge in [0.2, 0.25) is 5.91 Å². The zero-order valence-corrected chi connectivity index (χ0v) is 14.5. The number of nitrogens with one attached hydrogen (secondary N) is 1. The summed E-state index contributed by atoms with van der Waals surface area (Å²) in [6.45, 7) is 10.4. The van der Waals surface area contributed by atoms with Gasteiger partial charge in [-0.15, -0.1) is 0 Å². The van der Waals surface area contributed by atoms with Gasteiger partial charge in [0.15, 0.2) is 0 Å². The van der Waals surface area contributed by atoms with Crippen LogP contribution < -0.4 is 10.9 Å². The molecule has 0 aliphatic rings. The summed E-state index contributed by atoms with van der Waals surface area (Å²) in [7, 11) is 0. The molecule has 0 aliphatic carbocycles. The Bertz CT molecular complexity index is 770. The molecule has 1 aromatic carbocycles. The van der Waals surface area contributed by atoms with E-state index in [2.05, 4.69) is 31.1 Å². The fourth-order valence-corrected chi connectivity index (χ4v) is 3.21. The molecular weight excluding hydrogens is 290 g/mol. The first kappa shape index (κ1) is 17.2. The number of carbonyl (C=O) groups is 1. The van der Waals surface area contributed by atoms with Crippen LogP contribution in [0, 0.1) is 5.41 Å². The fourth-order valence-electron chi connectivity index (χ4n) is 3.21. The van der Waals surface area contributed by atoms with Gasteiger partial charge in [0.05, 0.1) is 17.2 Å². The van der Waals surface area contributed by atoms with Gasteiger partial charge in [-0.2, -0.15) is 0 Å². The molecule has 1 amide bonds. The molecule has 23 heavy (non-hydrogen) atoms. The van der Waals surface area contributed by atoms with E-state index in [9.17, 15) is 9.59 Å². The molecule has 0 aliphatic heterocycles. The summed E-state index contributed by atoms with van der Waals surface area (Å²) in [6.07, 6.45) is 2.10. The minimum Gasteiger partial charge on any atom is -0.350 e. The molecule has 5 nitrogen and oxygen atoms in total. The minimum atomic E-state index is -0.332. The number of rotatable bonds is 4. The maximum Gasteiger partial charge on any atom is 0.269 e. The number of carbonyl (C=O) groups excluding carboxylic acids is 1. The lowest BCUT2D eigenvalue weighted by Crippen LogP contribution is -2.47. The van der Waals surface area contributed by atoms with Crippen molar-refractivity contribution in [1.29, 1.82) is 0 Å². The average molecular weight is 315 g/mol. The largest absolute Gasteiger partial charge is 0.350 e. The van der Waals surface area contributed by atoms with Crippen molar-refractivity contribution in [1.82, 2.24) is 14.9 Å². The van der Waals surface area contributed by atoms with Crippen molar-refractivity contribution in [2.75, 3.05) is 0 Å². The van der Waals surface area contributed by atoms with Gasteiger partial charge in [0, 0.05) is 5.54 Å². The second kappa shape index (κ2) is 6.14. The Morgan fingerprint density at radius 1 is 1.17 bits per heavy atom. The fraction of sp³-hybridized carbons (Fsp3) is 0.500. The van der Waals surface area contributed by atoms with Crippen molar-refractivity contribution in [2.24, 2.45) is 5.41 Å². The van der Waals surface area contributed by atoms with Crippen molar-refractivity contribution < 1.29 is 4.79 Å². The summed E-state index contributed by atoms with van der Waals surface area (Å²) < 4.78 is 1.46. The predicted molar refractivity (Wildman–Crippen MR) is 92.3 cm³/mol. The first-order valence-corrected chi connectivity index (χ1v) is 7.83.